The van der Waals surface area contributed by atoms with Crippen LogP contribution in [0.2, 0.25) is 19.6 Å². The third kappa shape index (κ3) is 2.62. The van der Waals surface area contributed by atoms with Crippen molar-refractivity contribution in [1.29, 1.82) is 0 Å². The number of rotatable bonds is 3. The van der Waals surface area contributed by atoms with Crippen LogP contribution in [-0.2, 0) is 5.41 Å². The average Bonchev–Trinajstić information content (AvgIpc) is 2.36. The van der Waals surface area contributed by atoms with Crippen LogP contribution in [0.25, 0.3) is 10.8 Å². The highest BCUT2D eigenvalue weighted by Crippen LogP contribution is 2.32. The lowest BCUT2D eigenvalue weighted by Gasteiger charge is -2.28. The summed E-state index contributed by atoms with van der Waals surface area (Å²) >= 11 is 0. The molecule has 0 fully saturated rings. The third-order valence-electron chi connectivity index (χ3n) is 4.35. The Kier molecular flexibility index (Phi) is 3.61. The molecule has 0 aliphatic rings. The zero-order valence-electron chi connectivity index (χ0n) is 13.2. The van der Waals surface area contributed by atoms with Gasteiger partial charge in [0.15, 0.2) is 0 Å². The molecule has 102 valence electrons. The average molecular weight is 270 g/mol. The summed E-state index contributed by atoms with van der Waals surface area (Å²) in [6.07, 6.45) is 1.17. The van der Waals surface area contributed by atoms with E-state index >= 15 is 0 Å². The molecule has 0 spiro atoms. The number of hydrogen-bond donors (Lipinski definition) is 0. The molecule has 0 aromatic heterocycles. The van der Waals surface area contributed by atoms with Crippen molar-refractivity contribution in [3.8, 4) is 0 Å². The molecule has 0 aliphatic heterocycles. The van der Waals surface area contributed by atoms with Gasteiger partial charge in [0.25, 0.3) is 0 Å². The SMILES string of the molecule is CCC(C)(C)c1ccc([Si](C)(C)C)c2ccccc12. The predicted molar refractivity (Wildman–Crippen MR) is 90.2 cm³/mol. The molecule has 2 aromatic carbocycles. The summed E-state index contributed by atoms with van der Waals surface area (Å²) in [4.78, 5) is 0. The molecule has 0 bridgehead atoms. The van der Waals surface area contributed by atoms with Crippen molar-refractivity contribution in [2.24, 2.45) is 0 Å². The Morgan fingerprint density at radius 2 is 1.47 bits per heavy atom. The lowest BCUT2D eigenvalue weighted by atomic mass is 9.80. The minimum atomic E-state index is -1.29. The van der Waals surface area contributed by atoms with E-state index in [9.17, 15) is 0 Å². The van der Waals surface area contributed by atoms with Crippen molar-refractivity contribution in [3.63, 3.8) is 0 Å². The Morgan fingerprint density at radius 3 is 2.00 bits per heavy atom. The van der Waals surface area contributed by atoms with Crippen LogP contribution < -0.4 is 5.19 Å². The second-order valence-corrected chi connectivity index (χ2v) is 12.2. The maximum atomic E-state index is 2.43. The number of benzene rings is 2. The first-order valence-corrected chi connectivity index (χ1v) is 10.8. The van der Waals surface area contributed by atoms with Gasteiger partial charge in [-0.2, -0.15) is 0 Å². The number of hydrogen-bond acceptors (Lipinski definition) is 0. The van der Waals surface area contributed by atoms with Gasteiger partial charge in [-0.25, -0.2) is 0 Å². The van der Waals surface area contributed by atoms with Crippen molar-refractivity contribution >= 4 is 24.0 Å². The summed E-state index contributed by atoms with van der Waals surface area (Å²) in [5.41, 5.74) is 1.74. The van der Waals surface area contributed by atoms with Crippen LogP contribution in [0, 0.1) is 0 Å². The fourth-order valence-corrected chi connectivity index (χ4v) is 4.34. The molecule has 0 radical (unpaired) electrons. The van der Waals surface area contributed by atoms with Gasteiger partial charge in [-0.3, -0.25) is 0 Å². The third-order valence-corrected chi connectivity index (χ3v) is 6.40. The maximum Gasteiger partial charge on any atom is 0.0784 e. The first-order chi connectivity index (χ1) is 8.77. The lowest BCUT2D eigenvalue weighted by Crippen LogP contribution is -2.38. The van der Waals surface area contributed by atoms with Crippen molar-refractivity contribution in [1.82, 2.24) is 0 Å². The van der Waals surface area contributed by atoms with E-state index in [0.717, 1.165) is 0 Å². The van der Waals surface area contributed by atoms with E-state index in [4.69, 9.17) is 0 Å². The van der Waals surface area contributed by atoms with Gasteiger partial charge in [-0.15, -0.1) is 0 Å². The Bertz CT molecular complexity index is 588. The van der Waals surface area contributed by atoms with E-state index in [2.05, 4.69) is 76.8 Å². The molecule has 0 N–H and O–H groups in total. The van der Waals surface area contributed by atoms with Gasteiger partial charge in [0.05, 0.1) is 8.07 Å². The van der Waals surface area contributed by atoms with E-state index in [1.54, 1.807) is 5.19 Å². The highest BCUT2D eigenvalue weighted by atomic mass is 28.3. The van der Waals surface area contributed by atoms with Gasteiger partial charge in [0.2, 0.25) is 0 Å². The minimum absolute atomic E-state index is 0.248. The molecule has 0 atom stereocenters. The summed E-state index contributed by atoms with van der Waals surface area (Å²) in [7, 11) is -1.29. The second-order valence-electron chi connectivity index (χ2n) is 7.19. The van der Waals surface area contributed by atoms with Gasteiger partial charge < -0.3 is 0 Å². The monoisotopic (exact) mass is 270 g/mol. The Balaban J connectivity index is 2.80. The molecule has 0 nitrogen and oxygen atoms in total. The lowest BCUT2D eigenvalue weighted by molar-refractivity contribution is 0.511. The normalized spacial score (nSPS) is 12.9. The van der Waals surface area contributed by atoms with Crippen molar-refractivity contribution in [2.75, 3.05) is 0 Å². The van der Waals surface area contributed by atoms with E-state index in [1.165, 1.54) is 22.8 Å². The van der Waals surface area contributed by atoms with Crippen molar-refractivity contribution < 1.29 is 0 Å². The summed E-state index contributed by atoms with van der Waals surface area (Å²) in [6.45, 7) is 14.3. The minimum Gasteiger partial charge on any atom is -0.0656 e. The number of fused-ring (bicyclic) bond motifs is 1. The summed E-state index contributed by atoms with van der Waals surface area (Å²) in [6, 6.07) is 13.7. The summed E-state index contributed by atoms with van der Waals surface area (Å²) in [5.74, 6) is 0. The quantitative estimate of drug-likeness (QED) is 0.683. The highest BCUT2D eigenvalue weighted by molar-refractivity contribution is 6.90. The van der Waals surface area contributed by atoms with Crippen LogP contribution in [-0.4, -0.2) is 8.07 Å². The second kappa shape index (κ2) is 4.79. The summed E-state index contributed by atoms with van der Waals surface area (Å²) < 4.78 is 0. The van der Waals surface area contributed by atoms with E-state index in [1.807, 2.05) is 0 Å². The fourth-order valence-electron chi connectivity index (χ4n) is 2.73. The smallest absolute Gasteiger partial charge is 0.0656 e. The molecule has 1 heteroatoms. The topological polar surface area (TPSA) is 0 Å². The molecule has 0 aliphatic carbocycles. The Labute approximate surface area is 118 Å². The Hall–Kier alpha value is -1.08. The van der Waals surface area contributed by atoms with Crippen molar-refractivity contribution in [2.45, 2.75) is 52.2 Å². The molecule has 0 saturated carbocycles. The first-order valence-electron chi connectivity index (χ1n) is 7.30. The van der Waals surface area contributed by atoms with Crippen LogP contribution in [0.15, 0.2) is 36.4 Å². The van der Waals surface area contributed by atoms with Gasteiger partial charge in [0, 0.05) is 0 Å². The van der Waals surface area contributed by atoms with Gasteiger partial charge in [-0.05, 0) is 28.2 Å². The van der Waals surface area contributed by atoms with Gasteiger partial charge in [0.1, 0.15) is 0 Å². The largest absolute Gasteiger partial charge is 0.0784 e. The standard InChI is InChI=1S/C18H26Si/c1-7-18(2,3)16-12-13-17(19(4,5)6)15-11-9-8-10-14(15)16/h8-13H,7H2,1-6H3. The van der Waals surface area contributed by atoms with E-state index < -0.39 is 8.07 Å². The summed E-state index contributed by atoms with van der Waals surface area (Å²) in [5, 5.41) is 4.51. The Morgan fingerprint density at radius 1 is 0.895 bits per heavy atom. The zero-order chi connectivity index (χ0) is 14.3. The molecule has 0 saturated heterocycles. The fraction of sp³-hybridized carbons (Fsp3) is 0.444. The van der Waals surface area contributed by atoms with E-state index in [0.29, 0.717) is 0 Å². The van der Waals surface area contributed by atoms with Crippen molar-refractivity contribution in [3.05, 3.63) is 42.0 Å². The molecule has 0 heterocycles. The van der Waals surface area contributed by atoms with Crippen LogP contribution >= 0.6 is 0 Å². The molecule has 0 unspecified atom stereocenters. The van der Waals surface area contributed by atoms with Gasteiger partial charge in [-0.1, -0.05) is 82.0 Å². The predicted octanol–water partition coefficient (Wildman–Crippen LogP) is 5.07. The molecule has 2 aromatic rings. The molecule has 19 heavy (non-hydrogen) atoms. The molecular weight excluding hydrogens is 244 g/mol. The van der Waals surface area contributed by atoms with Crippen LogP contribution in [0.4, 0.5) is 0 Å². The first kappa shape index (κ1) is 14.3. The maximum absolute atomic E-state index is 2.43. The van der Waals surface area contributed by atoms with Crippen LogP contribution in [0.3, 0.4) is 0 Å². The van der Waals surface area contributed by atoms with E-state index in [-0.39, 0.29) is 5.41 Å². The molecule has 0 amide bonds. The van der Waals surface area contributed by atoms with Gasteiger partial charge >= 0.3 is 0 Å². The van der Waals surface area contributed by atoms with Crippen LogP contribution in [0.1, 0.15) is 32.8 Å². The van der Waals surface area contributed by atoms with Crippen LogP contribution in [0.5, 0.6) is 0 Å². The molecule has 2 rings (SSSR count). The molecular formula is C18H26Si. The zero-order valence-corrected chi connectivity index (χ0v) is 14.2. The highest BCUT2D eigenvalue weighted by Gasteiger charge is 2.24.